The molecule has 0 aliphatic carbocycles. The molecule has 0 fully saturated rings. The smallest absolute Gasteiger partial charge is 0.0103 e. The van der Waals surface area contributed by atoms with Gasteiger partial charge in [-0.1, -0.05) is 47.9 Å². The SMILES string of the molecule is [CH2-]c1ccc2ccc3c4ccccc4cc4ccc1c2c43. The molecule has 0 heteroatoms. The van der Waals surface area contributed by atoms with Crippen LogP contribution in [-0.2, 0) is 0 Å². The van der Waals surface area contributed by atoms with Crippen molar-refractivity contribution < 1.29 is 0 Å². The minimum absolute atomic E-state index is 1.10. The predicted molar refractivity (Wildman–Crippen MR) is 92.1 cm³/mol. The maximum Gasteiger partial charge on any atom is -0.0103 e. The fourth-order valence-corrected chi connectivity index (χ4v) is 3.62. The van der Waals surface area contributed by atoms with Gasteiger partial charge in [0.05, 0.1) is 0 Å². The molecule has 0 aliphatic heterocycles. The highest BCUT2D eigenvalue weighted by Crippen LogP contribution is 2.39. The van der Waals surface area contributed by atoms with E-state index in [1.54, 1.807) is 0 Å². The highest BCUT2D eigenvalue weighted by atomic mass is 14.1. The van der Waals surface area contributed by atoms with Crippen molar-refractivity contribution in [3.63, 3.8) is 0 Å². The average Bonchev–Trinajstić information content (AvgIpc) is 2.53. The standard InChI is InChI=1S/C21H13/c1-13-6-7-14-8-11-19-18-5-3-2-4-15(18)12-16-9-10-17(13)20(14)21(16)19/h2-12H,1H2/q-1. The minimum atomic E-state index is 1.10. The summed E-state index contributed by atoms with van der Waals surface area (Å²) in [4.78, 5) is 0. The molecule has 0 amide bonds. The van der Waals surface area contributed by atoms with Gasteiger partial charge in [0.25, 0.3) is 0 Å². The first-order chi connectivity index (χ1) is 10.3. The summed E-state index contributed by atoms with van der Waals surface area (Å²) in [6.07, 6.45) is 0. The van der Waals surface area contributed by atoms with Crippen LogP contribution in [0.3, 0.4) is 0 Å². The second-order valence-corrected chi connectivity index (χ2v) is 5.74. The van der Waals surface area contributed by atoms with Crippen molar-refractivity contribution in [3.05, 3.63) is 79.2 Å². The molecule has 0 nitrogen and oxygen atoms in total. The molecule has 0 heterocycles. The van der Waals surface area contributed by atoms with E-state index in [0.29, 0.717) is 0 Å². The van der Waals surface area contributed by atoms with Gasteiger partial charge in [0.1, 0.15) is 0 Å². The van der Waals surface area contributed by atoms with Crippen LogP contribution in [0.5, 0.6) is 0 Å². The van der Waals surface area contributed by atoms with Crippen LogP contribution < -0.4 is 0 Å². The van der Waals surface area contributed by atoms with Crippen LogP contribution in [-0.4, -0.2) is 0 Å². The predicted octanol–water partition coefficient (Wildman–Crippen LogP) is 5.92. The Balaban J connectivity index is 2.21. The van der Waals surface area contributed by atoms with Crippen molar-refractivity contribution in [3.8, 4) is 0 Å². The molecule has 21 heavy (non-hydrogen) atoms. The van der Waals surface area contributed by atoms with E-state index >= 15 is 0 Å². The summed E-state index contributed by atoms with van der Waals surface area (Å²) in [7, 11) is 0. The quantitative estimate of drug-likeness (QED) is 0.185. The summed E-state index contributed by atoms with van der Waals surface area (Å²) in [6, 6.07) is 24.1. The number of hydrogen-bond donors (Lipinski definition) is 0. The van der Waals surface area contributed by atoms with Crippen molar-refractivity contribution >= 4 is 43.1 Å². The van der Waals surface area contributed by atoms with Crippen LogP contribution >= 0.6 is 0 Å². The summed E-state index contributed by atoms with van der Waals surface area (Å²) >= 11 is 0. The summed E-state index contributed by atoms with van der Waals surface area (Å²) in [5.74, 6) is 0. The number of fused-ring (bicyclic) bond motifs is 2. The molecule has 0 N–H and O–H groups in total. The van der Waals surface area contributed by atoms with Gasteiger partial charge in [0.15, 0.2) is 0 Å². The van der Waals surface area contributed by atoms with Crippen molar-refractivity contribution in [2.24, 2.45) is 0 Å². The Morgan fingerprint density at radius 1 is 0.524 bits per heavy atom. The van der Waals surface area contributed by atoms with E-state index in [0.717, 1.165) is 5.56 Å². The van der Waals surface area contributed by atoms with E-state index in [-0.39, 0.29) is 0 Å². The van der Waals surface area contributed by atoms with Crippen LogP contribution in [0.15, 0.2) is 66.7 Å². The zero-order chi connectivity index (χ0) is 14.0. The molecule has 0 saturated heterocycles. The normalized spacial score (nSPS) is 12.0. The molecular formula is C21H13-. The maximum absolute atomic E-state index is 4.19. The highest BCUT2D eigenvalue weighted by Gasteiger charge is 2.08. The third kappa shape index (κ3) is 1.32. The van der Waals surface area contributed by atoms with E-state index < -0.39 is 0 Å². The Morgan fingerprint density at radius 3 is 2.19 bits per heavy atom. The van der Waals surface area contributed by atoms with Crippen LogP contribution in [0.2, 0.25) is 0 Å². The molecule has 0 unspecified atom stereocenters. The molecule has 0 radical (unpaired) electrons. The second-order valence-electron chi connectivity index (χ2n) is 5.74. The fourth-order valence-electron chi connectivity index (χ4n) is 3.62. The Hall–Kier alpha value is -2.73. The zero-order valence-electron chi connectivity index (χ0n) is 11.6. The van der Waals surface area contributed by atoms with Gasteiger partial charge in [0, 0.05) is 0 Å². The van der Waals surface area contributed by atoms with Gasteiger partial charge >= 0.3 is 0 Å². The summed E-state index contributed by atoms with van der Waals surface area (Å²) in [6.45, 7) is 4.19. The lowest BCUT2D eigenvalue weighted by molar-refractivity contribution is 1.72. The topological polar surface area (TPSA) is 0 Å². The molecule has 0 atom stereocenters. The van der Waals surface area contributed by atoms with Crippen molar-refractivity contribution in [2.75, 3.05) is 0 Å². The minimum Gasteiger partial charge on any atom is -0.198 e. The molecule has 0 bridgehead atoms. The third-order valence-corrected chi connectivity index (χ3v) is 4.60. The van der Waals surface area contributed by atoms with Crippen LogP contribution in [0.25, 0.3) is 43.1 Å². The molecule has 5 aromatic rings. The molecule has 98 valence electrons. The fraction of sp³-hybridized carbons (Fsp3) is 0. The number of hydrogen-bond acceptors (Lipinski definition) is 0. The zero-order valence-corrected chi connectivity index (χ0v) is 11.6. The monoisotopic (exact) mass is 265 g/mol. The summed E-state index contributed by atoms with van der Waals surface area (Å²) in [5.41, 5.74) is 1.10. The lowest BCUT2D eigenvalue weighted by Gasteiger charge is -2.18. The van der Waals surface area contributed by atoms with Gasteiger partial charge in [-0.25, -0.2) is 0 Å². The van der Waals surface area contributed by atoms with Crippen LogP contribution in [0, 0.1) is 6.92 Å². The van der Waals surface area contributed by atoms with Gasteiger partial charge in [-0.2, -0.15) is 18.6 Å². The maximum atomic E-state index is 4.19. The van der Waals surface area contributed by atoms with Gasteiger partial charge < -0.3 is 0 Å². The van der Waals surface area contributed by atoms with Crippen molar-refractivity contribution in [2.45, 2.75) is 0 Å². The number of rotatable bonds is 0. The summed E-state index contributed by atoms with van der Waals surface area (Å²) in [5, 5.41) is 10.6. The second kappa shape index (κ2) is 3.67. The first-order valence-electron chi connectivity index (χ1n) is 7.24. The van der Waals surface area contributed by atoms with E-state index in [1.807, 2.05) is 0 Å². The molecule has 0 saturated carbocycles. The average molecular weight is 265 g/mol. The van der Waals surface area contributed by atoms with E-state index in [9.17, 15) is 0 Å². The van der Waals surface area contributed by atoms with Gasteiger partial charge in [-0.05, 0) is 38.4 Å². The Morgan fingerprint density at radius 2 is 1.24 bits per heavy atom. The Bertz CT molecular complexity index is 1130. The van der Waals surface area contributed by atoms with Gasteiger partial charge in [-0.15, -0.1) is 17.5 Å². The third-order valence-electron chi connectivity index (χ3n) is 4.60. The first kappa shape index (κ1) is 11.0. The Labute approximate surface area is 123 Å². The highest BCUT2D eigenvalue weighted by molar-refractivity contribution is 6.29. The molecule has 0 aromatic heterocycles. The van der Waals surface area contributed by atoms with Crippen LogP contribution in [0.1, 0.15) is 5.56 Å². The molecular weight excluding hydrogens is 252 g/mol. The molecule has 5 aromatic carbocycles. The van der Waals surface area contributed by atoms with E-state index in [4.69, 9.17) is 0 Å². The van der Waals surface area contributed by atoms with Crippen LogP contribution in [0.4, 0.5) is 0 Å². The van der Waals surface area contributed by atoms with Crippen molar-refractivity contribution in [1.29, 1.82) is 0 Å². The first-order valence-corrected chi connectivity index (χ1v) is 7.24. The summed E-state index contributed by atoms with van der Waals surface area (Å²) < 4.78 is 0. The van der Waals surface area contributed by atoms with Gasteiger partial charge in [0.2, 0.25) is 0 Å². The lowest BCUT2D eigenvalue weighted by Crippen LogP contribution is -1.87. The molecule has 0 aliphatic rings. The Kier molecular flexibility index (Phi) is 1.92. The van der Waals surface area contributed by atoms with E-state index in [2.05, 4.69) is 73.7 Å². The van der Waals surface area contributed by atoms with Crippen molar-refractivity contribution in [1.82, 2.24) is 0 Å². The van der Waals surface area contributed by atoms with E-state index in [1.165, 1.54) is 43.1 Å². The molecule has 0 spiro atoms. The largest absolute Gasteiger partial charge is 0.198 e. The molecule has 5 rings (SSSR count). The van der Waals surface area contributed by atoms with Gasteiger partial charge in [-0.3, -0.25) is 0 Å². The number of benzene rings is 5. The lowest BCUT2D eigenvalue weighted by atomic mass is 9.90.